The average Bonchev–Trinajstić information content (AvgIpc) is 2.90. The molecule has 0 aromatic heterocycles. The zero-order valence-corrected chi connectivity index (χ0v) is 20.9. The van der Waals surface area contributed by atoms with Gasteiger partial charge in [0.1, 0.15) is 5.75 Å². The summed E-state index contributed by atoms with van der Waals surface area (Å²) in [6, 6.07) is 31.7. The monoisotopic (exact) mass is 528 g/mol. The van der Waals surface area contributed by atoms with Crippen molar-refractivity contribution in [1.82, 2.24) is 0 Å². The van der Waals surface area contributed by atoms with E-state index in [0.717, 1.165) is 12.1 Å². The van der Waals surface area contributed by atoms with E-state index in [1.54, 1.807) is 54.4 Å². The molecule has 176 valence electrons. The number of benzene rings is 4. The molecule has 0 spiro atoms. The van der Waals surface area contributed by atoms with Crippen molar-refractivity contribution in [2.45, 2.75) is 6.42 Å². The Morgan fingerprint density at radius 1 is 0.829 bits per heavy atom. The number of anilines is 2. The molecule has 2 amide bonds. The van der Waals surface area contributed by atoms with Crippen molar-refractivity contribution in [2.24, 2.45) is 0 Å². The van der Waals surface area contributed by atoms with Crippen LogP contribution >= 0.6 is 15.9 Å². The van der Waals surface area contributed by atoms with Gasteiger partial charge in [0.2, 0.25) is 0 Å². The van der Waals surface area contributed by atoms with Crippen molar-refractivity contribution in [3.8, 4) is 5.75 Å². The molecule has 0 saturated carbocycles. The van der Waals surface area contributed by atoms with Gasteiger partial charge >= 0.3 is 0 Å². The summed E-state index contributed by atoms with van der Waals surface area (Å²) < 4.78 is 6.58. The van der Waals surface area contributed by atoms with Crippen LogP contribution in [0.15, 0.2) is 108 Å². The van der Waals surface area contributed by atoms with Gasteiger partial charge in [0.15, 0.2) is 0 Å². The van der Waals surface area contributed by atoms with Crippen LogP contribution in [0.3, 0.4) is 0 Å². The summed E-state index contributed by atoms with van der Waals surface area (Å²) in [6.45, 7) is 0.540. The highest BCUT2D eigenvalue weighted by Gasteiger charge is 2.14. The maximum atomic E-state index is 12.7. The smallest absolute Gasteiger partial charge is 0.258 e. The Kier molecular flexibility index (Phi) is 7.95. The van der Waals surface area contributed by atoms with Gasteiger partial charge in [-0.1, -0.05) is 48.5 Å². The van der Waals surface area contributed by atoms with Crippen LogP contribution in [0.4, 0.5) is 11.4 Å². The maximum absolute atomic E-state index is 12.7. The second-order valence-electron chi connectivity index (χ2n) is 7.96. The summed E-state index contributed by atoms with van der Waals surface area (Å²) in [6.07, 6.45) is 0.801. The number of nitrogens with one attached hydrogen (secondary N) is 1. The Labute approximate surface area is 213 Å². The van der Waals surface area contributed by atoms with Crippen molar-refractivity contribution in [1.29, 1.82) is 0 Å². The van der Waals surface area contributed by atoms with E-state index in [-0.39, 0.29) is 11.8 Å². The molecule has 4 aromatic carbocycles. The number of carbonyl (C=O) groups is 2. The van der Waals surface area contributed by atoms with Crippen LogP contribution in [-0.2, 0) is 6.42 Å². The van der Waals surface area contributed by atoms with Gasteiger partial charge in [-0.05, 0) is 76.1 Å². The number of para-hydroxylation sites is 1. The molecule has 0 unspecified atom stereocenters. The molecule has 0 aliphatic heterocycles. The summed E-state index contributed by atoms with van der Waals surface area (Å²) in [5.74, 6) is 0.311. The molecule has 0 fully saturated rings. The quantitative estimate of drug-likeness (QED) is 0.280. The number of ether oxygens (including phenoxy) is 1. The van der Waals surface area contributed by atoms with E-state index in [1.807, 2.05) is 48.5 Å². The third kappa shape index (κ3) is 6.37. The van der Waals surface area contributed by atoms with E-state index < -0.39 is 0 Å². The lowest BCUT2D eigenvalue weighted by atomic mass is 10.1. The second kappa shape index (κ2) is 11.5. The zero-order chi connectivity index (χ0) is 24.6. The maximum Gasteiger partial charge on any atom is 0.258 e. The predicted molar refractivity (Wildman–Crippen MR) is 143 cm³/mol. The van der Waals surface area contributed by atoms with Crippen molar-refractivity contribution >= 4 is 39.1 Å². The molecule has 4 rings (SSSR count). The van der Waals surface area contributed by atoms with Crippen LogP contribution in [0.1, 0.15) is 26.3 Å². The number of carbonyl (C=O) groups excluding carboxylic acids is 2. The Morgan fingerprint density at radius 2 is 1.46 bits per heavy atom. The van der Waals surface area contributed by atoms with Crippen molar-refractivity contribution in [3.05, 3.63) is 124 Å². The van der Waals surface area contributed by atoms with Crippen LogP contribution in [0, 0.1) is 0 Å². The molecule has 5 nitrogen and oxygen atoms in total. The fourth-order valence-electron chi connectivity index (χ4n) is 3.54. The van der Waals surface area contributed by atoms with Crippen molar-refractivity contribution in [3.63, 3.8) is 0 Å². The summed E-state index contributed by atoms with van der Waals surface area (Å²) in [5.41, 5.74) is 3.66. The molecule has 4 aromatic rings. The van der Waals surface area contributed by atoms with E-state index >= 15 is 0 Å². The minimum absolute atomic E-state index is 0.124. The first-order chi connectivity index (χ1) is 17.0. The molecule has 0 bridgehead atoms. The number of hydrogen-bond donors (Lipinski definition) is 1. The SMILES string of the molecule is CN(C(=O)c1ccc(NC(=O)c2ccc(OCCc3ccccc3)c(Br)c2)cc1)c1ccccc1. The van der Waals surface area contributed by atoms with Gasteiger partial charge in [-0.2, -0.15) is 0 Å². The summed E-state index contributed by atoms with van der Waals surface area (Å²) in [4.78, 5) is 27.1. The van der Waals surface area contributed by atoms with E-state index in [1.165, 1.54) is 5.56 Å². The minimum atomic E-state index is -0.248. The van der Waals surface area contributed by atoms with Crippen molar-refractivity contribution in [2.75, 3.05) is 23.9 Å². The predicted octanol–water partition coefficient (Wildman–Crippen LogP) is 6.60. The minimum Gasteiger partial charge on any atom is -0.492 e. The lowest BCUT2D eigenvalue weighted by Gasteiger charge is -2.17. The first-order valence-corrected chi connectivity index (χ1v) is 12.0. The van der Waals surface area contributed by atoms with E-state index in [4.69, 9.17) is 4.74 Å². The molecule has 0 heterocycles. The van der Waals surface area contributed by atoms with E-state index in [0.29, 0.717) is 33.6 Å². The fourth-order valence-corrected chi connectivity index (χ4v) is 4.04. The Hall–Kier alpha value is -3.90. The topological polar surface area (TPSA) is 58.6 Å². The largest absolute Gasteiger partial charge is 0.492 e. The van der Waals surface area contributed by atoms with Crippen LogP contribution in [-0.4, -0.2) is 25.5 Å². The van der Waals surface area contributed by atoms with E-state index in [9.17, 15) is 9.59 Å². The molecular formula is C29H25BrN2O3. The van der Waals surface area contributed by atoms with Crippen molar-refractivity contribution < 1.29 is 14.3 Å². The fraction of sp³-hybridized carbons (Fsp3) is 0.103. The van der Waals surface area contributed by atoms with Crippen LogP contribution < -0.4 is 15.0 Å². The van der Waals surface area contributed by atoms with Gasteiger partial charge in [0.25, 0.3) is 11.8 Å². The van der Waals surface area contributed by atoms with Crippen LogP contribution in [0.25, 0.3) is 0 Å². The highest BCUT2D eigenvalue weighted by molar-refractivity contribution is 9.10. The second-order valence-corrected chi connectivity index (χ2v) is 8.81. The zero-order valence-electron chi connectivity index (χ0n) is 19.3. The molecule has 6 heteroatoms. The third-order valence-electron chi connectivity index (χ3n) is 5.52. The first-order valence-electron chi connectivity index (χ1n) is 11.2. The lowest BCUT2D eigenvalue weighted by Crippen LogP contribution is -2.26. The Balaban J connectivity index is 1.34. The van der Waals surface area contributed by atoms with Crippen LogP contribution in [0.2, 0.25) is 0 Å². The molecule has 35 heavy (non-hydrogen) atoms. The molecule has 0 aliphatic rings. The number of amides is 2. The van der Waals surface area contributed by atoms with Crippen LogP contribution in [0.5, 0.6) is 5.75 Å². The van der Waals surface area contributed by atoms with Gasteiger partial charge in [-0.3, -0.25) is 9.59 Å². The molecule has 0 atom stereocenters. The molecule has 0 radical (unpaired) electrons. The number of halogens is 1. The average molecular weight is 529 g/mol. The van der Waals surface area contributed by atoms with Gasteiger partial charge in [-0.25, -0.2) is 0 Å². The lowest BCUT2D eigenvalue weighted by molar-refractivity contribution is 0.0991. The highest BCUT2D eigenvalue weighted by atomic mass is 79.9. The summed E-state index contributed by atoms with van der Waals surface area (Å²) in [7, 11) is 1.74. The van der Waals surface area contributed by atoms with Gasteiger partial charge < -0.3 is 15.0 Å². The number of hydrogen-bond acceptors (Lipinski definition) is 3. The third-order valence-corrected chi connectivity index (χ3v) is 6.14. The molecule has 1 N–H and O–H groups in total. The highest BCUT2D eigenvalue weighted by Crippen LogP contribution is 2.27. The van der Waals surface area contributed by atoms with Gasteiger partial charge in [0.05, 0.1) is 11.1 Å². The Morgan fingerprint density at radius 3 is 2.11 bits per heavy atom. The van der Waals surface area contributed by atoms with E-state index in [2.05, 4.69) is 33.4 Å². The summed E-state index contributed by atoms with van der Waals surface area (Å²) in [5, 5.41) is 2.87. The normalized spacial score (nSPS) is 10.5. The first kappa shape index (κ1) is 24.2. The molecular weight excluding hydrogens is 504 g/mol. The summed E-state index contributed by atoms with van der Waals surface area (Å²) >= 11 is 3.50. The molecule has 0 saturated heterocycles. The van der Waals surface area contributed by atoms with Gasteiger partial charge in [0, 0.05) is 36.0 Å². The van der Waals surface area contributed by atoms with Gasteiger partial charge in [-0.15, -0.1) is 0 Å². The number of nitrogens with zero attached hydrogens (tertiary/aromatic N) is 1. The number of rotatable bonds is 8. The standard InChI is InChI=1S/C29H25BrN2O3/c1-32(25-10-6-3-7-11-25)29(34)22-12-15-24(16-13-22)31-28(33)23-14-17-27(26(30)20-23)35-19-18-21-8-4-2-5-9-21/h2-17,20H,18-19H2,1H3,(H,31,33). The molecule has 0 aliphatic carbocycles. The Bertz CT molecular complexity index is 1290.